The summed E-state index contributed by atoms with van der Waals surface area (Å²) in [6, 6.07) is 4.20. The van der Waals surface area contributed by atoms with Gasteiger partial charge in [-0.15, -0.1) is 0 Å². The standard InChI is InChI=1S/C17H19N3O4/c1-4-15(22)19-13-7-11(5-6-14(13)21)17(23)18-8-12-9-24-20-16(12)10(2)3/h4-7,9-10,21H,1,8H2,2-3H3,(H,18,23)(H,19,22). The number of nitrogens with zero attached hydrogens (tertiary/aromatic N) is 1. The minimum absolute atomic E-state index is 0.136. The van der Waals surface area contributed by atoms with Gasteiger partial charge >= 0.3 is 0 Å². The summed E-state index contributed by atoms with van der Waals surface area (Å²) in [6.07, 6.45) is 2.58. The van der Waals surface area contributed by atoms with Gasteiger partial charge in [-0.2, -0.15) is 0 Å². The average molecular weight is 329 g/mol. The Hall–Kier alpha value is -3.09. The van der Waals surface area contributed by atoms with Crippen molar-refractivity contribution in [1.29, 1.82) is 0 Å². The fourth-order valence-electron chi connectivity index (χ4n) is 2.11. The number of aromatic hydroxyl groups is 1. The third kappa shape index (κ3) is 4.01. The summed E-state index contributed by atoms with van der Waals surface area (Å²) in [5.74, 6) is -0.776. The van der Waals surface area contributed by atoms with Crippen LogP contribution in [0.2, 0.25) is 0 Å². The number of carbonyl (C=O) groups is 2. The lowest BCUT2D eigenvalue weighted by atomic mass is 10.1. The van der Waals surface area contributed by atoms with E-state index in [0.29, 0.717) is 5.56 Å². The first kappa shape index (κ1) is 17.3. The summed E-state index contributed by atoms with van der Waals surface area (Å²) in [6.45, 7) is 7.57. The third-order valence-electron chi connectivity index (χ3n) is 3.36. The van der Waals surface area contributed by atoms with E-state index in [-0.39, 0.29) is 29.8 Å². The molecule has 0 unspecified atom stereocenters. The van der Waals surface area contributed by atoms with Crippen LogP contribution in [0.4, 0.5) is 5.69 Å². The van der Waals surface area contributed by atoms with Crippen molar-refractivity contribution in [1.82, 2.24) is 10.5 Å². The lowest BCUT2D eigenvalue weighted by Crippen LogP contribution is -2.23. The van der Waals surface area contributed by atoms with E-state index in [0.717, 1.165) is 17.3 Å². The summed E-state index contributed by atoms with van der Waals surface area (Å²) in [7, 11) is 0. The van der Waals surface area contributed by atoms with E-state index in [9.17, 15) is 14.7 Å². The minimum atomic E-state index is -0.478. The van der Waals surface area contributed by atoms with Crippen LogP contribution in [0, 0.1) is 0 Å². The normalized spacial score (nSPS) is 10.5. The summed E-state index contributed by atoms with van der Waals surface area (Å²) in [5, 5.41) is 18.8. The molecule has 7 heteroatoms. The molecule has 3 N–H and O–H groups in total. The molecule has 0 aliphatic rings. The first-order valence-corrected chi connectivity index (χ1v) is 7.40. The molecule has 0 fully saturated rings. The zero-order chi connectivity index (χ0) is 17.7. The number of aromatic nitrogens is 1. The second-order valence-corrected chi connectivity index (χ2v) is 5.49. The molecule has 126 valence electrons. The number of amides is 2. The molecule has 24 heavy (non-hydrogen) atoms. The molecule has 0 spiro atoms. The van der Waals surface area contributed by atoms with Gasteiger partial charge in [0.1, 0.15) is 12.0 Å². The van der Waals surface area contributed by atoms with Crippen molar-refractivity contribution in [3.05, 3.63) is 53.9 Å². The van der Waals surface area contributed by atoms with Crippen LogP contribution in [0.1, 0.15) is 41.4 Å². The van der Waals surface area contributed by atoms with Gasteiger partial charge in [-0.1, -0.05) is 25.6 Å². The Balaban J connectivity index is 2.09. The Morgan fingerprint density at radius 2 is 2.17 bits per heavy atom. The van der Waals surface area contributed by atoms with E-state index >= 15 is 0 Å². The summed E-state index contributed by atoms with van der Waals surface area (Å²) in [4.78, 5) is 23.6. The SMILES string of the molecule is C=CC(=O)Nc1cc(C(=O)NCc2conc2C(C)C)ccc1O. The molecule has 2 rings (SSSR count). The number of carbonyl (C=O) groups excluding carboxylic acids is 2. The van der Waals surface area contributed by atoms with Crippen LogP contribution in [0.5, 0.6) is 5.75 Å². The smallest absolute Gasteiger partial charge is 0.251 e. The van der Waals surface area contributed by atoms with Crippen molar-refractivity contribution < 1.29 is 19.2 Å². The maximum atomic E-state index is 12.3. The predicted octanol–water partition coefficient (Wildman–Crippen LogP) is 2.56. The second-order valence-electron chi connectivity index (χ2n) is 5.49. The molecule has 0 aliphatic heterocycles. The van der Waals surface area contributed by atoms with Crippen LogP contribution in [-0.4, -0.2) is 22.1 Å². The van der Waals surface area contributed by atoms with Crippen molar-refractivity contribution in [3.8, 4) is 5.75 Å². The van der Waals surface area contributed by atoms with Gasteiger partial charge < -0.3 is 20.3 Å². The first-order valence-electron chi connectivity index (χ1n) is 7.40. The maximum Gasteiger partial charge on any atom is 0.251 e. The highest BCUT2D eigenvalue weighted by molar-refractivity contribution is 6.02. The highest BCUT2D eigenvalue weighted by Gasteiger charge is 2.14. The topological polar surface area (TPSA) is 104 Å². The van der Waals surface area contributed by atoms with Crippen LogP contribution in [0.15, 0.2) is 41.6 Å². The molecule has 0 saturated heterocycles. The lowest BCUT2D eigenvalue weighted by Gasteiger charge is -2.09. The lowest BCUT2D eigenvalue weighted by molar-refractivity contribution is -0.111. The molecular formula is C17H19N3O4. The number of nitrogens with one attached hydrogen (secondary N) is 2. The number of hydrogen-bond donors (Lipinski definition) is 3. The minimum Gasteiger partial charge on any atom is -0.506 e. The molecule has 7 nitrogen and oxygen atoms in total. The highest BCUT2D eigenvalue weighted by Crippen LogP contribution is 2.24. The fourth-order valence-corrected chi connectivity index (χ4v) is 2.11. The van der Waals surface area contributed by atoms with E-state index in [2.05, 4.69) is 22.4 Å². The van der Waals surface area contributed by atoms with E-state index in [1.54, 1.807) is 0 Å². The van der Waals surface area contributed by atoms with Gasteiger partial charge in [0.05, 0.1) is 11.4 Å². The zero-order valence-electron chi connectivity index (χ0n) is 13.5. The van der Waals surface area contributed by atoms with Crippen LogP contribution in [-0.2, 0) is 11.3 Å². The molecule has 2 amide bonds. The van der Waals surface area contributed by atoms with Gasteiger partial charge in [0.25, 0.3) is 5.91 Å². The fraction of sp³-hybridized carbons (Fsp3) is 0.235. The Morgan fingerprint density at radius 1 is 1.42 bits per heavy atom. The number of anilines is 1. The Bertz CT molecular complexity index is 765. The molecule has 1 aromatic heterocycles. The van der Waals surface area contributed by atoms with Crippen molar-refractivity contribution in [3.63, 3.8) is 0 Å². The summed E-state index contributed by atoms with van der Waals surface area (Å²) < 4.78 is 4.94. The van der Waals surface area contributed by atoms with Gasteiger partial charge in [-0.25, -0.2) is 0 Å². The van der Waals surface area contributed by atoms with Gasteiger partial charge in [-0.05, 0) is 30.2 Å². The van der Waals surface area contributed by atoms with Gasteiger partial charge in [0.2, 0.25) is 5.91 Å². The molecule has 0 atom stereocenters. The number of hydrogen-bond acceptors (Lipinski definition) is 5. The Kier molecular flexibility index (Phi) is 5.36. The van der Waals surface area contributed by atoms with Crippen LogP contribution < -0.4 is 10.6 Å². The number of phenolic OH excluding ortho intramolecular Hbond substituents is 1. The Labute approximate surface area is 139 Å². The second kappa shape index (κ2) is 7.45. The molecule has 0 saturated carbocycles. The van der Waals surface area contributed by atoms with Crippen molar-refractivity contribution in [2.45, 2.75) is 26.3 Å². The first-order chi connectivity index (χ1) is 11.4. The van der Waals surface area contributed by atoms with Crippen LogP contribution >= 0.6 is 0 Å². The average Bonchev–Trinajstić information content (AvgIpc) is 3.03. The summed E-state index contributed by atoms with van der Waals surface area (Å²) in [5.41, 5.74) is 2.03. The zero-order valence-corrected chi connectivity index (χ0v) is 13.5. The molecule has 2 aromatic rings. The van der Waals surface area contributed by atoms with Crippen molar-refractivity contribution in [2.75, 3.05) is 5.32 Å². The van der Waals surface area contributed by atoms with Gasteiger partial charge in [0.15, 0.2) is 0 Å². The van der Waals surface area contributed by atoms with E-state index < -0.39 is 5.91 Å². The van der Waals surface area contributed by atoms with Crippen LogP contribution in [0.3, 0.4) is 0 Å². The van der Waals surface area contributed by atoms with E-state index in [1.165, 1.54) is 24.5 Å². The number of rotatable bonds is 6. The maximum absolute atomic E-state index is 12.3. The number of benzene rings is 1. The predicted molar refractivity (Wildman–Crippen MR) is 88.7 cm³/mol. The van der Waals surface area contributed by atoms with E-state index in [4.69, 9.17) is 4.52 Å². The van der Waals surface area contributed by atoms with E-state index in [1.807, 2.05) is 13.8 Å². The van der Waals surface area contributed by atoms with Gasteiger partial charge in [-0.3, -0.25) is 9.59 Å². The molecule has 0 aliphatic carbocycles. The third-order valence-corrected chi connectivity index (χ3v) is 3.36. The summed E-state index contributed by atoms with van der Waals surface area (Å²) >= 11 is 0. The molecule has 0 bridgehead atoms. The van der Waals surface area contributed by atoms with Crippen molar-refractivity contribution >= 4 is 17.5 Å². The quantitative estimate of drug-likeness (QED) is 0.558. The highest BCUT2D eigenvalue weighted by atomic mass is 16.5. The monoisotopic (exact) mass is 329 g/mol. The molecule has 1 aromatic carbocycles. The number of phenols is 1. The molecule has 0 radical (unpaired) electrons. The molecule has 1 heterocycles. The van der Waals surface area contributed by atoms with Gasteiger partial charge in [0, 0.05) is 17.7 Å². The Morgan fingerprint density at radius 3 is 2.83 bits per heavy atom. The molecular weight excluding hydrogens is 310 g/mol. The largest absolute Gasteiger partial charge is 0.506 e. The van der Waals surface area contributed by atoms with Crippen molar-refractivity contribution in [2.24, 2.45) is 0 Å². The van der Waals surface area contributed by atoms with Crippen LogP contribution in [0.25, 0.3) is 0 Å².